The van der Waals surface area contributed by atoms with Gasteiger partial charge >= 0.3 is 0 Å². The van der Waals surface area contributed by atoms with Crippen molar-refractivity contribution in [3.05, 3.63) is 64.8 Å². The van der Waals surface area contributed by atoms with Crippen LogP contribution in [0.25, 0.3) is 0 Å². The fourth-order valence-electron chi connectivity index (χ4n) is 6.32. The van der Waals surface area contributed by atoms with E-state index >= 15 is 0 Å². The second-order valence-electron chi connectivity index (χ2n) is 10.4. The van der Waals surface area contributed by atoms with Gasteiger partial charge in [-0.3, -0.25) is 50.3 Å². The molecule has 0 radical (unpaired) electrons. The molecule has 0 spiro atoms. The largest absolute Gasteiger partial charge is 0.289 e. The molecule has 0 unspecified atom stereocenters. The van der Waals surface area contributed by atoms with Gasteiger partial charge in [0, 0.05) is 32.5 Å². The Morgan fingerprint density at radius 3 is 1.32 bits per heavy atom. The normalized spacial score (nSPS) is 37.3. The van der Waals surface area contributed by atoms with Gasteiger partial charge in [-0.05, 0) is 38.1 Å². The molecule has 4 rings (SSSR count). The van der Waals surface area contributed by atoms with E-state index in [0.717, 1.165) is 0 Å². The molecule has 4 aliphatic rings. The van der Waals surface area contributed by atoms with Gasteiger partial charge in [-0.25, -0.2) is 0 Å². The number of rotatable bonds is 9. The van der Waals surface area contributed by atoms with Crippen LogP contribution < -0.4 is 0 Å². The topological polar surface area (TPSA) is 179 Å². The first-order chi connectivity index (χ1) is 16.0. The van der Waals surface area contributed by atoms with Crippen molar-refractivity contribution >= 4 is 0 Å². The minimum atomic E-state index is -1.48. The van der Waals surface area contributed by atoms with E-state index in [0.29, 0.717) is 25.9 Å². The first-order valence-corrected chi connectivity index (χ1v) is 11.3. The number of piperidine rings is 2. The van der Waals surface area contributed by atoms with E-state index in [1.807, 2.05) is 0 Å². The minimum absolute atomic E-state index is 0.0927. The SMILES string of the molecule is O=[N+]([O-])[C@]12C=CC[C@]([N+](=O)[O-])(CN(CCCCN3C[C@]4([N+](=O)[O-])C=CC[C@]([N+](=O)[O-])(C3)C4)C1)C2. The first kappa shape index (κ1) is 24.1. The first-order valence-electron chi connectivity index (χ1n) is 11.3. The number of fused-ring (bicyclic) bond motifs is 4. The molecule has 14 heteroatoms. The zero-order valence-corrected chi connectivity index (χ0v) is 18.7. The zero-order valence-electron chi connectivity index (χ0n) is 18.7. The summed E-state index contributed by atoms with van der Waals surface area (Å²) in [7, 11) is 0. The van der Waals surface area contributed by atoms with E-state index in [1.54, 1.807) is 22.0 Å². The fraction of sp³-hybridized carbons (Fsp3) is 0.800. The highest BCUT2D eigenvalue weighted by molar-refractivity contribution is 5.18. The molecule has 0 aromatic rings. The van der Waals surface area contributed by atoms with Crippen molar-refractivity contribution in [3.8, 4) is 0 Å². The molecule has 2 saturated heterocycles. The van der Waals surface area contributed by atoms with Gasteiger partial charge in [0.25, 0.3) is 11.1 Å². The molecule has 0 amide bonds. The fourth-order valence-corrected chi connectivity index (χ4v) is 6.32. The van der Waals surface area contributed by atoms with Crippen LogP contribution in [0.3, 0.4) is 0 Å². The van der Waals surface area contributed by atoms with Crippen LogP contribution in [0.15, 0.2) is 24.3 Å². The standard InChI is InChI=1S/C20H28N6O8/c27-23(28)17-5-3-6-18(11-17,24(29)30)14-21(13-17)9-1-2-10-22-15-19(25(31)32)7-4-8-20(12-19,16-22)26(33)34/h3-5,7H,1-2,6,8-16H2/t17-,18+,19-,20+/m0/s1. The Morgan fingerprint density at radius 2 is 1.00 bits per heavy atom. The molecule has 0 aromatic carbocycles. The zero-order chi connectivity index (χ0) is 24.8. The molecule has 0 saturated carbocycles. The molecule has 4 atom stereocenters. The second kappa shape index (κ2) is 8.34. The molecule has 2 heterocycles. The monoisotopic (exact) mass is 480 g/mol. The van der Waals surface area contributed by atoms with Crippen LogP contribution >= 0.6 is 0 Å². The lowest BCUT2D eigenvalue weighted by atomic mass is 9.72. The molecule has 14 nitrogen and oxygen atoms in total. The summed E-state index contributed by atoms with van der Waals surface area (Å²) in [5, 5.41) is 47.2. The van der Waals surface area contributed by atoms with Crippen molar-refractivity contribution < 1.29 is 19.7 Å². The van der Waals surface area contributed by atoms with Crippen molar-refractivity contribution in [2.45, 2.75) is 60.7 Å². The van der Waals surface area contributed by atoms with Crippen molar-refractivity contribution in [2.24, 2.45) is 0 Å². The number of unbranched alkanes of at least 4 members (excludes halogenated alkanes) is 1. The number of hydrogen-bond acceptors (Lipinski definition) is 10. The highest BCUT2D eigenvalue weighted by Crippen LogP contribution is 2.42. The maximum atomic E-state index is 11.8. The van der Waals surface area contributed by atoms with E-state index in [9.17, 15) is 40.5 Å². The third kappa shape index (κ3) is 3.94. The maximum absolute atomic E-state index is 11.8. The Bertz CT molecular complexity index is 897. The Balaban J connectivity index is 1.39. The highest BCUT2D eigenvalue weighted by atomic mass is 16.6. The summed E-state index contributed by atoms with van der Waals surface area (Å²) in [6, 6.07) is 0. The van der Waals surface area contributed by atoms with Crippen LogP contribution in [0.5, 0.6) is 0 Å². The quantitative estimate of drug-likeness (QED) is 0.201. The van der Waals surface area contributed by atoms with Crippen molar-refractivity contribution in [3.63, 3.8) is 0 Å². The van der Waals surface area contributed by atoms with Gasteiger partial charge in [0.05, 0.1) is 39.0 Å². The number of likely N-dealkylation sites (tertiary alicyclic amines) is 2. The summed E-state index contributed by atoms with van der Waals surface area (Å²) >= 11 is 0. The van der Waals surface area contributed by atoms with E-state index in [-0.39, 0.29) is 51.9 Å². The third-order valence-electron chi connectivity index (χ3n) is 7.85. The smallest absolute Gasteiger partial charge is 0.259 e. The Hall–Kier alpha value is -3.00. The molecule has 0 aromatic heterocycles. The van der Waals surface area contributed by atoms with Crippen LogP contribution in [-0.2, 0) is 0 Å². The van der Waals surface area contributed by atoms with E-state index in [2.05, 4.69) is 0 Å². The average molecular weight is 480 g/mol. The van der Waals surface area contributed by atoms with Crippen LogP contribution in [-0.4, -0.2) is 90.9 Å². The summed E-state index contributed by atoms with van der Waals surface area (Å²) in [6.07, 6.45) is 7.24. The molecule has 0 N–H and O–H groups in total. The van der Waals surface area contributed by atoms with E-state index < -0.39 is 41.8 Å². The van der Waals surface area contributed by atoms with Gasteiger partial charge in [0.2, 0.25) is 11.1 Å². The Kier molecular flexibility index (Phi) is 5.92. The molecular formula is C20H28N6O8. The molecule has 4 bridgehead atoms. The molecule has 2 aliphatic heterocycles. The summed E-state index contributed by atoms with van der Waals surface area (Å²) < 4.78 is 0. The number of hydrogen-bond donors (Lipinski definition) is 0. The van der Waals surface area contributed by atoms with Gasteiger partial charge in [-0.15, -0.1) is 0 Å². The summed E-state index contributed by atoms with van der Waals surface area (Å²) in [5.41, 5.74) is -5.72. The predicted octanol–water partition coefficient (Wildman–Crippen LogP) is 1.16. The van der Waals surface area contributed by atoms with Gasteiger partial charge in [0.15, 0.2) is 0 Å². The molecule has 2 fully saturated rings. The summed E-state index contributed by atoms with van der Waals surface area (Å²) in [6.45, 7) is 1.26. The maximum Gasteiger partial charge on any atom is 0.259 e. The highest BCUT2D eigenvalue weighted by Gasteiger charge is 2.63. The predicted molar refractivity (Wildman–Crippen MR) is 118 cm³/mol. The molecule has 186 valence electrons. The average Bonchev–Trinajstić information content (AvgIpc) is 2.76. The van der Waals surface area contributed by atoms with Gasteiger partial charge < -0.3 is 0 Å². The number of nitro groups is 4. The van der Waals surface area contributed by atoms with Crippen molar-refractivity contribution in [1.29, 1.82) is 0 Å². The van der Waals surface area contributed by atoms with Crippen LogP contribution in [0, 0.1) is 40.5 Å². The van der Waals surface area contributed by atoms with Crippen LogP contribution in [0.4, 0.5) is 0 Å². The van der Waals surface area contributed by atoms with Gasteiger partial charge in [0.1, 0.15) is 0 Å². The van der Waals surface area contributed by atoms with Crippen LogP contribution in [0.1, 0.15) is 38.5 Å². The van der Waals surface area contributed by atoms with Gasteiger partial charge in [-0.1, -0.05) is 12.2 Å². The lowest BCUT2D eigenvalue weighted by molar-refractivity contribution is -0.619. The van der Waals surface area contributed by atoms with Gasteiger partial charge in [-0.2, -0.15) is 0 Å². The lowest BCUT2D eigenvalue weighted by Gasteiger charge is -2.44. The van der Waals surface area contributed by atoms with Crippen LogP contribution in [0.2, 0.25) is 0 Å². The van der Waals surface area contributed by atoms with Crippen molar-refractivity contribution in [2.75, 3.05) is 39.3 Å². The molecule has 2 aliphatic carbocycles. The summed E-state index contributed by atoms with van der Waals surface area (Å²) in [4.78, 5) is 49.1. The van der Waals surface area contributed by atoms with Crippen molar-refractivity contribution in [1.82, 2.24) is 9.80 Å². The summed E-state index contributed by atoms with van der Waals surface area (Å²) in [5.74, 6) is 0. The molecular weight excluding hydrogens is 452 g/mol. The number of nitrogens with zero attached hydrogens (tertiary/aromatic N) is 6. The Labute approximate surface area is 194 Å². The second-order valence-corrected chi connectivity index (χ2v) is 10.4. The third-order valence-corrected chi connectivity index (χ3v) is 7.85. The minimum Gasteiger partial charge on any atom is -0.289 e. The molecule has 34 heavy (non-hydrogen) atoms. The van der Waals surface area contributed by atoms with E-state index in [1.165, 1.54) is 12.2 Å². The lowest BCUT2D eigenvalue weighted by Crippen LogP contribution is -2.66. The Morgan fingerprint density at radius 1 is 0.618 bits per heavy atom. The van der Waals surface area contributed by atoms with E-state index in [4.69, 9.17) is 0 Å².